The Balaban J connectivity index is 2.02. The van der Waals surface area contributed by atoms with Crippen molar-refractivity contribution in [3.8, 4) is 0 Å². The van der Waals surface area contributed by atoms with E-state index in [0.717, 1.165) is 12.2 Å². The predicted molar refractivity (Wildman–Crippen MR) is 46.6 cm³/mol. The van der Waals surface area contributed by atoms with Gasteiger partial charge in [-0.15, -0.1) is 5.10 Å². The van der Waals surface area contributed by atoms with Gasteiger partial charge in [-0.25, -0.2) is 4.68 Å². The second-order valence-electron chi connectivity index (χ2n) is 3.72. The summed E-state index contributed by atoms with van der Waals surface area (Å²) in [5.74, 6) is 1.07. The van der Waals surface area contributed by atoms with E-state index in [1.165, 1.54) is 0 Å². The molecule has 1 saturated carbocycles. The maximum absolute atomic E-state index is 10.4. The number of rotatable bonds is 4. The molecule has 1 aromatic heterocycles. The molecule has 0 amide bonds. The first kappa shape index (κ1) is 9.11. The monoisotopic (exact) mass is 196 g/mol. The Morgan fingerprint density at radius 1 is 1.71 bits per heavy atom. The van der Waals surface area contributed by atoms with E-state index >= 15 is 0 Å². The largest absolute Gasteiger partial charge is 0.481 e. The predicted octanol–water partition coefficient (Wildman–Crippen LogP) is 0.271. The molecular weight excluding hydrogens is 184 g/mol. The van der Waals surface area contributed by atoms with E-state index in [2.05, 4.69) is 22.4 Å². The lowest BCUT2D eigenvalue weighted by atomic mass is 10.3. The molecule has 6 heteroatoms. The van der Waals surface area contributed by atoms with Gasteiger partial charge in [-0.1, -0.05) is 6.92 Å². The highest BCUT2D eigenvalue weighted by molar-refractivity contribution is 5.66. The molecule has 76 valence electrons. The Bertz CT molecular complexity index is 349. The smallest absolute Gasteiger partial charge is 0.305 e. The number of aromatic nitrogens is 4. The summed E-state index contributed by atoms with van der Waals surface area (Å²) in [6, 6.07) is 0. The van der Waals surface area contributed by atoms with E-state index in [1.807, 2.05) is 0 Å². The molecule has 2 rings (SSSR count). The van der Waals surface area contributed by atoms with E-state index in [9.17, 15) is 4.79 Å². The summed E-state index contributed by atoms with van der Waals surface area (Å²) in [5, 5.41) is 19.8. The minimum Gasteiger partial charge on any atom is -0.481 e. The van der Waals surface area contributed by atoms with E-state index in [1.54, 1.807) is 4.68 Å². The van der Waals surface area contributed by atoms with Gasteiger partial charge in [0.1, 0.15) is 0 Å². The Kier molecular flexibility index (Phi) is 2.18. The van der Waals surface area contributed by atoms with Crippen LogP contribution in [0.4, 0.5) is 0 Å². The van der Waals surface area contributed by atoms with Crippen LogP contribution in [0.3, 0.4) is 0 Å². The third kappa shape index (κ3) is 1.73. The molecule has 2 atom stereocenters. The van der Waals surface area contributed by atoms with Crippen LogP contribution in [-0.2, 0) is 11.3 Å². The van der Waals surface area contributed by atoms with E-state index in [-0.39, 0.29) is 6.42 Å². The molecule has 2 unspecified atom stereocenters. The van der Waals surface area contributed by atoms with Crippen molar-refractivity contribution in [2.24, 2.45) is 5.92 Å². The fourth-order valence-corrected chi connectivity index (χ4v) is 1.52. The molecule has 0 spiro atoms. The molecule has 1 heterocycles. The number of aliphatic carboxylic acids is 1. The van der Waals surface area contributed by atoms with Crippen LogP contribution in [0.2, 0.25) is 0 Å². The summed E-state index contributed by atoms with van der Waals surface area (Å²) in [6.45, 7) is 2.50. The van der Waals surface area contributed by atoms with Crippen LogP contribution in [0.1, 0.15) is 31.5 Å². The summed E-state index contributed by atoms with van der Waals surface area (Å²) < 4.78 is 1.60. The van der Waals surface area contributed by atoms with E-state index in [4.69, 9.17) is 5.11 Å². The van der Waals surface area contributed by atoms with Crippen molar-refractivity contribution >= 4 is 5.97 Å². The minimum absolute atomic E-state index is 0.0686. The van der Waals surface area contributed by atoms with Crippen LogP contribution in [0.25, 0.3) is 0 Å². The molecule has 0 saturated heterocycles. The maximum Gasteiger partial charge on any atom is 0.305 e. The molecule has 1 fully saturated rings. The summed E-state index contributed by atoms with van der Waals surface area (Å²) in [4.78, 5) is 10.4. The molecule has 1 N–H and O–H groups in total. The van der Waals surface area contributed by atoms with Crippen molar-refractivity contribution in [1.29, 1.82) is 0 Å². The normalized spacial score (nSPS) is 24.9. The van der Waals surface area contributed by atoms with Gasteiger partial charge in [0, 0.05) is 5.92 Å². The Labute approximate surface area is 80.9 Å². The second-order valence-corrected chi connectivity index (χ2v) is 3.72. The molecule has 0 radical (unpaired) electrons. The lowest BCUT2D eigenvalue weighted by Gasteiger charge is -2.00. The van der Waals surface area contributed by atoms with Gasteiger partial charge in [0.25, 0.3) is 0 Å². The quantitative estimate of drug-likeness (QED) is 0.747. The molecule has 1 aliphatic rings. The topological polar surface area (TPSA) is 80.9 Å². The molecular formula is C8H12N4O2. The lowest BCUT2D eigenvalue weighted by molar-refractivity contribution is -0.137. The van der Waals surface area contributed by atoms with Gasteiger partial charge in [0.05, 0.1) is 13.0 Å². The van der Waals surface area contributed by atoms with Gasteiger partial charge >= 0.3 is 5.97 Å². The molecule has 1 aliphatic carbocycles. The van der Waals surface area contributed by atoms with Gasteiger partial charge in [-0.3, -0.25) is 4.79 Å². The maximum atomic E-state index is 10.4. The summed E-state index contributed by atoms with van der Waals surface area (Å²) >= 11 is 0. The number of hydrogen-bond donors (Lipinski definition) is 1. The number of hydrogen-bond acceptors (Lipinski definition) is 4. The van der Waals surface area contributed by atoms with Crippen molar-refractivity contribution in [3.63, 3.8) is 0 Å². The highest BCUT2D eigenvalue weighted by Gasteiger charge is 2.38. The summed E-state index contributed by atoms with van der Waals surface area (Å²) in [6.07, 6.45) is 1.17. The first-order valence-corrected chi connectivity index (χ1v) is 4.66. The van der Waals surface area contributed by atoms with Crippen molar-refractivity contribution in [3.05, 3.63) is 5.82 Å². The lowest BCUT2D eigenvalue weighted by Crippen LogP contribution is -2.09. The number of carboxylic acids is 1. The average molecular weight is 196 g/mol. The third-order valence-corrected chi connectivity index (χ3v) is 2.54. The van der Waals surface area contributed by atoms with Gasteiger partial charge in [0.15, 0.2) is 5.82 Å². The molecule has 0 bridgehead atoms. The Morgan fingerprint density at radius 3 is 3.00 bits per heavy atom. The number of nitrogens with zero attached hydrogens (tertiary/aromatic N) is 4. The summed E-state index contributed by atoms with van der Waals surface area (Å²) in [5.41, 5.74) is 0. The number of carbonyl (C=O) groups is 1. The molecule has 14 heavy (non-hydrogen) atoms. The van der Waals surface area contributed by atoms with Gasteiger partial charge < -0.3 is 5.11 Å². The van der Waals surface area contributed by atoms with E-state index < -0.39 is 5.97 Å². The van der Waals surface area contributed by atoms with Crippen molar-refractivity contribution in [2.45, 2.75) is 32.2 Å². The SMILES string of the molecule is CC1CC1c1nnnn1CCC(=O)O. The van der Waals surface area contributed by atoms with Crippen LogP contribution in [0.15, 0.2) is 0 Å². The highest BCUT2D eigenvalue weighted by atomic mass is 16.4. The minimum atomic E-state index is -0.824. The van der Waals surface area contributed by atoms with Crippen LogP contribution in [-0.4, -0.2) is 31.3 Å². The van der Waals surface area contributed by atoms with Crippen LogP contribution in [0, 0.1) is 5.92 Å². The van der Waals surface area contributed by atoms with Crippen molar-refractivity contribution in [1.82, 2.24) is 20.2 Å². The molecule has 6 nitrogen and oxygen atoms in total. The first-order valence-electron chi connectivity index (χ1n) is 4.66. The number of aryl methyl sites for hydroxylation is 1. The Hall–Kier alpha value is -1.46. The van der Waals surface area contributed by atoms with Gasteiger partial charge in [0.2, 0.25) is 0 Å². The molecule has 0 aliphatic heterocycles. The Morgan fingerprint density at radius 2 is 2.43 bits per heavy atom. The average Bonchev–Trinajstić information content (AvgIpc) is 2.68. The number of tetrazole rings is 1. The zero-order valence-corrected chi connectivity index (χ0v) is 7.92. The third-order valence-electron chi connectivity index (χ3n) is 2.54. The van der Waals surface area contributed by atoms with Crippen molar-refractivity contribution in [2.75, 3.05) is 0 Å². The van der Waals surface area contributed by atoms with Gasteiger partial charge in [-0.2, -0.15) is 0 Å². The number of carboxylic acid groups (broad SMARTS) is 1. The zero-order chi connectivity index (χ0) is 10.1. The fourth-order valence-electron chi connectivity index (χ4n) is 1.52. The highest BCUT2D eigenvalue weighted by Crippen LogP contribution is 2.45. The molecule has 1 aromatic rings. The molecule has 0 aromatic carbocycles. The standard InChI is InChI=1S/C8H12N4O2/c1-5-4-6(5)8-9-10-11-12(8)3-2-7(13)14/h5-6H,2-4H2,1H3,(H,13,14). The van der Waals surface area contributed by atoms with Crippen LogP contribution < -0.4 is 0 Å². The second kappa shape index (κ2) is 3.36. The van der Waals surface area contributed by atoms with Crippen LogP contribution >= 0.6 is 0 Å². The van der Waals surface area contributed by atoms with Crippen LogP contribution in [0.5, 0.6) is 0 Å². The zero-order valence-electron chi connectivity index (χ0n) is 7.92. The summed E-state index contributed by atoms with van der Waals surface area (Å²) in [7, 11) is 0. The fraction of sp³-hybridized carbons (Fsp3) is 0.750. The van der Waals surface area contributed by atoms with Crippen molar-refractivity contribution < 1.29 is 9.90 Å². The first-order chi connectivity index (χ1) is 6.68. The van der Waals surface area contributed by atoms with E-state index in [0.29, 0.717) is 18.4 Å². The van der Waals surface area contributed by atoms with Gasteiger partial charge in [-0.05, 0) is 22.8 Å².